The zero-order valence-electron chi connectivity index (χ0n) is 6.32. The van der Waals surface area contributed by atoms with Crippen molar-refractivity contribution in [3.8, 4) is 0 Å². The average Bonchev–Trinajstić information content (AvgIpc) is 2.01. The van der Waals surface area contributed by atoms with E-state index in [1.165, 1.54) is 6.08 Å². The molecular formula is C8H12O3. The fourth-order valence-corrected chi connectivity index (χ4v) is 0.130. The van der Waals surface area contributed by atoms with Crippen molar-refractivity contribution >= 4 is 6.16 Å². The Bertz CT molecular complexity index is 132. The van der Waals surface area contributed by atoms with Crippen molar-refractivity contribution in [3.05, 3.63) is 38.0 Å². The topological polar surface area (TPSA) is 46.5 Å². The van der Waals surface area contributed by atoms with E-state index in [1.54, 1.807) is 12.2 Å². The van der Waals surface area contributed by atoms with E-state index in [4.69, 9.17) is 5.11 Å². The molecule has 0 saturated carbocycles. The highest BCUT2D eigenvalue weighted by atomic mass is 16.7. The molecule has 0 fully saturated rings. The summed E-state index contributed by atoms with van der Waals surface area (Å²) in [7, 11) is 0. The molecule has 0 saturated heterocycles. The van der Waals surface area contributed by atoms with Crippen LogP contribution in [-0.2, 0) is 4.74 Å². The van der Waals surface area contributed by atoms with E-state index in [9.17, 15) is 4.79 Å². The van der Waals surface area contributed by atoms with E-state index >= 15 is 0 Å². The third-order valence-corrected chi connectivity index (χ3v) is 0.491. The van der Waals surface area contributed by atoms with E-state index in [-0.39, 0.29) is 6.61 Å². The van der Waals surface area contributed by atoms with Crippen LogP contribution >= 0.6 is 0 Å². The minimum Gasteiger partial charge on any atom is -0.450 e. The van der Waals surface area contributed by atoms with Crippen LogP contribution in [-0.4, -0.2) is 17.9 Å². The SMILES string of the molecule is C=CC=C.C=CCOC(=O)O. The molecule has 1 N–H and O–H groups in total. The second-order valence-corrected chi connectivity index (χ2v) is 1.34. The van der Waals surface area contributed by atoms with E-state index in [0.717, 1.165) is 0 Å². The first-order chi connectivity index (χ1) is 5.18. The molecule has 3 nitrogen and oxygen atoms in total. The molecule has 0 aromatic carbocycles. The van der Waals surface area contributed by atoms with Crippen LogP contribution < -0.4 is 0 Å². The van der Waals surface area contributed by atoms with Crippen LogP contribution in [0.1, 0.15) is 0 Å². The summed E-state index contributed by atoms with van der Waals surface area (Å²) >= 11 is 0. The maximum absolute atomic E-state index is 9.49. The van der Waals surface area contributed by atoms with Gasteiger partial charge in [0.25, 0.3) is 0 Å². The lowest BCUT2D eigenvalue weighted by Gasteiger charge is -1.88. The van der Waals surface area contributed by atoms with Gasteiger partial charge in [0.2, 0.25) is 0 Å². The Balaban J connectivity index is 0. The highest BCUT2D eigenvalue weighted by Crippen LogP contribution is 1.73. The van der Waals surface area contributed by atoms with Crippen molar-refractivity contribution in [2.24, 2.45) is 0 Å². The van der Waals surface area contributed by atoms with Gasteiger partial charge in [-0.1, -0.05) is 38.0 Å². The number of carbonyl (C=O) groups is 1. The van der Waals surface area contributed by atoms with Gasteiger partial charge in [-0.25, -0.2) is 4.79 Å². The first-order valence-corrected chi connectivity index (χ1v) is 2.89. The predicted octanol–water partition coefficient (Wildman–Crippen LogP) is 2.23. The first-order valence-electron chi connectivity index (χ1n) is 2.89. The predicted molar refractivity (Wildman–Crippen MR) is 44.6 cm³/mol. The molecule has 0 amide bonds. The van der Waals surface area contributed by atoms with Crippen molar-refractivity contribution in [1.82, 2.24) is 0 Å². The van der Waals surface area contributed by atoms with Crippen LogP contribution in [0.2, 0.25) is 0 Å². The normalized spacial score (nSPS) is 6.55. The lowest BCUT2D eigenvalue weighted by Crippen LogP contribution is -1.98. The van der Waals surface area contributed by atoms with Crippen molar-refractivity contribution in [2.75, 3.05) is 6.61 Å². The Morgan fingerprint density at radius 3 is 1.91 bits per heavy atom. The minimum atomic E-state index is -1.26. The smallest absolute Gasteiger partial charge is 0.450 e. The monoisotopic (exact) mass is 156 g/mol. The third-order valence-electron chi connectivity index (χ3n) is 0.491. The number of hydrogen-bond donors (Lipinski definition) is 1. The van der Waals surface area contributed by atoms with Crippen LogP contribution in [0.4, 0.5) is 4.79 Å². The molecule has 3 heteroatoms. The zero-order valence-corrected chi connectivity index (χ0v) is 6.32. The van der Waals surface area contributed by atoms with Gasteiger partial charge >= 0.3 is 6.16 Å². The molecule has 0 aromatic heterocycles. The largest absolute Gasteiger partial charge is 0.506 e. The first kappa shape index (κ1) is 12.2. The zero-order chi connectivity index (χ0) is 9.11. The van der Waals surface area contributed by atoms with Crippen LogP contribution in [0.15, 0.2) is 38.0 Å². The molecule has 0 radical (unpaired) electrons. The van der Waals surface area contributed by atoms with Gasteiger partial charge in [0, 0.05) is 0 Å². The van der Waals surface area contributed by atoms with Gasteiger partial charge in [-0.05, 0) is 0 Å². The fourth-order valence-electron chi connectivity index (χ4n) is 0.130. The summed E-state index contributed by atoms with van der Waals surface area (Å²) in [4.78, 5) is 9.49. The molecule has 0 bridgehead atoms. The van der Waals surface area contributed by atoms with Crippen molar-refractivity contribution < 1.29 is 14.6 Å². The molecule has 0 atom stereocenters. The highest BCUT2D eigenvalue weighted by Gasteiger charge is 1.87. The Kier molecular flexibility index (Phi) is 12.5. The van der Waals surface area contributed by atoms with E-state index < -0.39 is 6.16 Å². The van der Waals surface area contributed by atoms with E-state index in [0.29, 0.717) is 0 Å². The summed E-state index contributed by atoms with van der Waals surface area (Å²) in [5.74, 6) is 0. The molecule has 0 heterocycles. The number of hydrogen-bond acceptors (Lipinski definition) is 2. The minimum absolute atomic E-state index is 0.0648. The quantitative estimate of drug-likeness (QED) is 0.387. The molecule has 11 heavy (non-hydrogen) atoms. The summed E-state index contributed by atoms with van der Waals surface area (Å²) < 4.78 is 3.99. The maximum Gasteiger partial charge on any atom is 0.506 e. The van der Waals surface area contributed by atoms with E-state index in [1.807, 2.05) is 0 Å². The Hall–Kier alpha value is -1.51. The maximum atomic E-state index is 9.49. The average molecular weight is 156 g/mol. The standard InChI is InChI=1S/C4H6O3.C4H6/c1-2-3-7-4(5)6;1-3-4-2/h2H,1,3H2,(H,5,6);3-4H,1-2H2. The van der Waals surface area contributed by atoms with Crippen LogP contribution in [0.5, 0.6) is 0 Å². The summed E-state index contributed by atoms with van der Waals surface area (Å²) in [5.41, 5.74) is 0. The summed E-state index contributed by atoms with van der Waals surface area (Å²) in [6.07, 6.45) is 3.38. The van der Waals surface area contributed by atoms with Crippen LogP contribution in [0.3, 0.4) is 0 Å². The van der Waals surface area contributed by atoms with Gasteiger partial charge in [0.05, 0.1) is 0 Å². The second kappa shape index (κ2) is 11.3. The molecule has 62 valence electrons. The molecule has 0 rings (SSSR count). The third kappa shape index (κ3) is 29.4. The lowest BCUT2D eigenvalue weighted by molar-refractivity contribution is 0.102. The molecule has 0 aliphatic carbocycles. The van der Waals surface area contributed by atoms with Crippen LogP contribution in [0, 0.1) is 0 Å². The van der Waals surface area contributed by atoms with Crippen molar-refractivity contribution in [1.29, 1.82) is 0 Å². The number of allylic oxidation sites excluding steroid dienone is 2. The fraction of sp³-hybridized carbons (Fsp3) is 0.125. The Labute approximate surface area is 66.3 Å². The van der Waals surface area contributed by atoms with Crippen molar-refractivity contribution in [2.45, 2.75) is 0 Å². The summed E-state index contributed by atoms with van der Waals surface area (Å²) in [6, 6.07) is 0. The lowest BCUT2D eigenvalue weighted by atomic mass is 10.6. The summed E-state index contributed by atoms with van der Waals surface area (Å²) in [6.45, 7) is 10.0. The van der Waals surface area contributed by atoms with Gasteiger partial charge < -0.3 is 9.84 Å². The number of rotatable bonds is 3. The molecule has 0 aromatic rings. The molecule has 0 aliphatic heterocycles. The Morgan fingerprint density at radius 2 is 1.82 bits per heavy atom. The summed E-state index contributed by atoms with van der Waals surface area (Å²) in [5, 5.41) is 7.77. The highest BCUT2D eigenvalue weighted by molar-refractivity contribution is 5.56. The Morgan fingerprint density at radius 1 is 1.36 bits per heavy atom. The van der Waals surface area contributed by atoms with Gasteiger partial charge in [-0.2, -0.15) is 0 Å². The molecule has 0 aliphatic rings. The number of carboxylic acid groups (broad SMARTS) is 1. The molecule has 0 spiro atoms. The van der Waals surface area contributed by atoms with Gasteiger partial charge in [0.1, 0.15) is 6.61 Å². The van der Waals surface area contributed by atoms with Gasteiger partial charge in [0.15, 0.2) is 0 Å². The molecular weight excluding hydrogens is 144 g/mol. The van der Waals surface area contributed by atoms with Gasteiger partial charge in [-0.3, -0.25) is 0 Å². The van der Waals surface area contributed by atoms with Crippen molar-refractivity contribution in [3.63, 3.8) is 0 Å². The molecule has 0 unspecified atom stereocenters. The van der Waals surface area contributed by atoms with E-state index in [2.05, 4.69) is 24.5 Å². The number of ether oxygens (including phenoxy) is 1. The second-order valence-electron chi connectivity index (χ2n) is 1.34. The van der Waals surface area contributed by atoms with Crippen LogP contribution in [0.25, 0.3) is 0 Å². The van der Waals surface area contributed by atoms with Gasteiger partial charge in [-0.15, -0.1) is 0 Å².